The summed E-state index contributed by atoms with van der Waals surface area (Å²) in [6.45, 7) is 4.98. The molecule has 1 heterocycles. The maximum Gasteiger partial charge on any atom is 0.122 e. The molecule has 1 aromatic rings. The molecule has 2 atom stereocenters. The molecular weight excluding hydrogens is 178 g/mol. The zero-order valence-electron chi connectivity index (χ0n) is 9.08. The molecule has 0 fully saturated rings. The van der Waals surface area contributed by atoms with E-state index in [0.717, 1.165) is 18.9 Å². The highest BCUT2D eigenvalue weighted by atomic mass is 16.5. The van der Waals surface area contributed by atoms with Crippen LogP contribution in [0.2, 0.25) is 0 Å². The molecule has 0 aliphatic heterocycles. The van der Waals surface area contributed by atoms with Gasteiger partial charge in [-0.15, -0.1) is 0 Å². The van der Waals surface area contributed by atoms with Crippen LogP contribution >= 0.6 is 0 Å². The van der Waals surface area contributed by atoms with E-state index < -0.39 is 0 Å². The Labute approximate surface area is 85.1 Å². The highest BCUT2D eigenvalue weighted by molar-refractivity contribution is 4.94. The van der Waals surface area contributed by atoms with Crippen molar-refractivity contribution in [3.8, 4) is 0 Å². The van der Waals surface area contributed by atoms with Crippen molar-refractivity contribution in [2.75, 3.05) is 13.7 Å². The van der Waals surface area contributed by atoms with Crippen molar-refractivity contribution in [3.63, 3.8) is 0 Å². The van der Waals surface area contributed by atoms with Crippen molar-refractivity contribution < 1.29 is 4.74 Å². The van der Waals surface area contributed by atoms with Crippen LogP contribution in [0.3, 0.4) is 0 Å². The molecule has 0 saturated carbocycles. The second-order valence-electron chi connectivity index (χ2n) is 3.42. The minimum Gasteiger partial charge on any atom is -0.383 e. The molecule has 0 aliphatic carbocycles. The van der Waals surface area contributed by atoms with Gasteiger partial charge in [-0.2, -0.15) is 0 Å². The third kappa shape index (κ3) is 3.12. The molecule has 4 nitrogen and oxygen atoms in total. The molecule has 4 heteroatoms. The average Bonchev–Trinajstić information content (AvgIpc) is 2.69. The summed E-state index contributed by atoms with van der Waals surface area (Å²) < 4.78 is 5.12. The number of methoxy groups -OCH3 is 1. The van der Waals surface area contributed by atoms with Gasteiger partial charge in [-0.3, -0.25) is 0 Å². The summed E-state index contributed by atoms with van der Waals surface area (Å²) in [5, 5.41) is 3.45. The van der Waals surface area contributed by atoms with Gasteiger partial charge in [0.05, 0.1) is 12.6 Å². The minimum atomic E-state index is 0.241. The van der Waals surface area contributed by atoms with Gasteiger partial charge in [-0.1, -0.05) is 6.92 Å². The number of aromatic nitrogens is 2. The van der Waals surface area contributed by atoms with Crippen molar-refractivity contribution in [1.82, 2.24) is 15.3 Å². The van der Waals surface area contributed by atoms with Crippen LogP contribution in [0.4, 0.5) is 0 Å². The van der Waals surface area contributed by atoms with Crippen molar-refractivity contribution in [3.05, 3.63) is 18.2 Å². The molecule has 0 aliphatic rings. The lowest BCUT2D eigenvalue weighted by Crippen LogP contribution is -2.35. The van der Waals surface area contributed by atoms with Crippen LogP contribution < -0.4 is 5.32 Å². The summed E-state index contributed by atoms with van der Waals surface area (Å²) in [5.74, 6) is 0.972. The standard InChI is InChI=1S/C10H19N3O/c1-4-9(7-14-3)13-8(2)10-11-5-6-12-10/h5-6,8-9,13H,4,7H2,1-3H3,(H,11,12). The normalized spacial score (nSPS) is 15.4. The quantitative estimate of drug-likeness (QED) is 0.726. The van der Waals surface area contributed by atoms with Gasteiger partial charge in [0, 0.05) is 25.5 Å². The first kappa shape index (κ1) is 11.2. The van der Waals surface area contributed by atoms with Crippen LogP contribution in [0.25, 0.3) is 0 Å². The number of nitrogens with one attached hydrogen (secondary N) is 2. The number of nitrogens with zero attached hydrogens (tertiary/aromatic N) is 1. The first-order valence-corrected chi connectivity index (χ1v) is 5.02. The van der Waals surface area contributed by atoms with Crippen molar-refractivity contribution in [2.24, 2.45) is 0 Å². The van der Waals surface area contributed by atoms with E-state index in [2.05, 4.69) is 29.1 Å². The van der Waals surface area contributed by atoms with Crippen molar-refractivity contribution in [1.29, 1.82) is 0 Å². The molecule has 1 aromatic heterocycles. The molecule has 2 N–H and O–H groups in total. The summed E-state index contributed by atoms with van der Waals surface area (Å²) in [7, 11) is 1.72. The fraction of sp³-hybridized carbons (Fsp3) is 0.700. The second kappa shape index (κ2) is 5.78. The average molecular weight is 197 g/mol. The largest absolute Gasteiger partial charge is 0.383 e. The summed E-state index contributed by atoms with van der Waals surface area (Å²) in [6, 6.07) is 0.630. The topological polar surface area (TPSA) is 49.9 Å². The maximum atomic E-state index is 5.12. The summed E-state index contributed by atoms with van der Waals surface area (Å²) in [5.41, 5.74) is 0. The molecule has 0 aromatic carbocycles. The Morgan fingerprint density at radius 3 is 2.93 bits per heavy atom. The fourth-order valence-electron chi connectivity index (χ4n) is 1.43. The maximum absolute atomic E-state index is 5.12. The van der Waals surface area contributed by atoms with Gasteiger partial charge in [0.15, 0.2) is 0 Å². The van der Waals surface area contributed by atoms with Crippen LogP contribution in [0.15, 0.2) is 12.4 Å². The van der Waals surface area contributed by atoms with Gasteiger partial charge in [-0.25, -0.2) is 4.98 Å². The second-order valence-corrected chi connectivity index (χ2v) is 3.42. The first-order chi connectivity index (χ1) is 6.77. The van der Waals surface area contributed by atoms with Crippen LogP contribution in [0.1, 0.15) is 32.1 Å². The van der Waals surface area contributed by atoms with Gasteiger partial charge >= 0.3 is 0 Å². The van der Waals surface area contributed by atoms with E-state index in [0.29, 0.717) is 6.04 Å². The smallest absolute Gasteiger partial charge is 0.122 e. The molecule has 0 bridgehead atoms. The number of ether oxygens (including phenoxy) is 1. The Morgan fingerprint density at radius 2 is 2.43 bits per heavy atom. The number of aromatic amines is 1. The lowest BCUT2D eigenvalue weighted by atomic mass is 10.2. The van der Waals surface area contributed by atoms with E-state index in [1.54, 1.807) is 13.3 Å². The monoisotopic (exact) mass is 197 g/mol. The Balaban J connectivity index is 2.42. The number of hydrogen-bond donors (Lipinski definition) is 2. The Hall–Kier alpha value is -0.870. The number of hydrogen-bond acceptors (Lipinski definition) is 3. The van der Waals surface area contributed by atoms with Gasteiger partial charge in [-0.05, 0) is 13.3 Å². The molecule has 0 amide bonds. The Bertz CT molecular complexity index is 236. The van der Waals surface area contributed by atoms with E-state index >= 15 is 0 Å². The number of imidazole rings is 1. The Morgan fingerprint density at radius 1 is 1.64 bits per heavy atom. The van der Waals surface area contributed by atoms with Crippen molar-refractivity contribution >= 4 is 0 Å². The van der Waals surface area contributed by atoms with E-state index in [-0.39, 0.29) is 6.04 Å². The minimum absolute atomic E-state index is 0.241. The van der Waals surface area contributed by atoms with Gasteiger partial charge in [0.2, 0.25) is 0 Å². The fourth-order valence-corrected chi connectivity index (χ4v) is 1.43. The van der Waals surface area contributed by atoms with Gasteiger partial charge in [0.1, 0.15) is 5.82 Å². The SMILES string of the molecule is CCC(COC)NC(C)c1ncc[nH]1. The highest BCUT2D eigenvalue weighted by Gasteiger charge is 2.12. The predicted octanol–water partition coefficient (Wildman–Crippen LogP) is 1.49. The van der Waals surface area contributed by atoms with Crippen LogP contribution in [-0.4, -0.2) is 29.7 Å². The summed E-state index contributed by atoms with van der Waals surface area (Å²) in [4.78, 5) is 7.30. The Kier molecular flexibility index (Phi) is 4.62. The molecule has 80 valence electrons. The first-order valence-electron chi connectivity index (χ1n) is 5.02. The van der Waals surface area contributed by atoms with E-state index in [9.17, 15) is 0 Å². The molecule has 1 rings (SSSR count). The third-order valence-electron chi connectivity index (χ3n) is 2.28. The lowest BCUT2D eigenvalue weighted by Gasteiger charge is -2.20. The predicted molar refractivity (Wildman–Crippen MR) is 56.1 cm³/mol. The van der Waals surface area contributed by atoms with Gasteiger partial charge < -0.3 is 15.0 Å². The lowest BCUT2D eigenvalue weighted by molar-refractivity contribution is 0.159. The molecule has 0 spiro atoms. The van der Waals surface area contributed by atoms with E-state index in [4.69, 9.17) is 4.74 Å². The molecule has 0 radical (unpaired) electrons. The summed E-state index contributed by atoms with van der Waals surface area (Å²) >= 11 is 0. The van der Waals surface area contributed by atoms with E-state index in [1.165, 1.54) is 0 Å². The molecule has 14 heavy (non-hydrogen) atoms. The van der Waals surface area contributed by atoms with E-state index in [1.807, 2.05) is 6.20 Å². The number of H-pyrrole nitrogens is 1. The zero-order valence-corrected chi connectivity index (χ0v) is 9.08. The van der Waals surface area contributed by atoms with Crippen LogP contribution in [-0.2, 0) is 4.74 Å². The highest BCUT2D eigenvalue weighted by Crippen LogP contribution is 2.07. The van der Waals surface area contributed by atoms with Crippen LogP contribution in [0.5, 0.6) is 0 Å². The number of rotatable bonds is 6. The zero-order chi connectivity index (χ0) is 10.4. The molecular formula is C10H19N3O. The third-order valence-corrected chi connectivity index (χ3v) is 2.28. The van der Waals surface area contributed by atoms with Crippen LogP contribution in [0, 0.1) is 0 Å². The summed E-state index contributed by atoms with van der Waals surface area (Å²) in [6.07, 6.45) is 4.66. The molecule has 2 unspecified atom stereocenters. The van der Waals surface area contributed by atoms with Crippen molar-refractivity contribution in [2.45, 2.75) is 32.4 Å². The van der Waals surface area contributed by atoms with Gasteiger partial charge in [0.25, 0.3) is 0 Å². The molecule has 0 saturated heterocycles.